The second-order valence-electron chi connectivity index (χ2n) is 6.75. The molecule has 2 atom stereocenters. The van der Waals surface area contributed by atoms with Crippen molar-refractivity contribution in [2.45, 2.75) is 30.6 Å². The van der Waals surface area contributed by atoms with Crippen molar-refractivity contribution >= 4 is 36.1 Å². The molecule has 3 rings (SSSR count). The van der Waals surface area contributed by atoms with Gasteiger partial charge < -0.3 is 10.4 Å². The molecule has 28 heavy (non-hydrogen) atoms. The number of nitrogens with one attached hydrogen (secondary N) is 1. The molecule has 0 aliphatic carbocycles. The van der Waals surface area contributed by atoms with Gasteiger partial charge in [-0.1, -0.05) is 48.5 Å². The number of anilines is 1. The summed E-state index contributed by atoms with van der Waals surface area (Å²) in [6.07, 6.45) is 1.41. The Morgan fingerprint density at radius 3 is 2.54 bits per heavy atom. The fourth-order valence-electron chi connectivity index (χ4n) is 3.35. The Kier molecular flexibility index (Phi) is 6.36. The maximum Gasteiger partial charge on any atom is 0.323 e. The molecule has 0 radical (unpaired) electrons. The number of aliphatic carboxylic acids is 1. The van der Waals surface area contributed by atoms with Gasteiger partial charge in [0.25, 0.3) is 0 Å². The summed E-state index contributed by atoms with van der Waals surface area (Å²) in [5.41, 5.74) is 2.45. The quantitative estimate of drug-likeness (QED) is 0.650. The van der Waals surface area contributed by atoms with E-state index in [2.05, 4.69) is 17.9 Å². The van der Waals surface area contributed by atoms with Crippen molar-refractivity contribution in [2.24, 2.45) is 0 Å². The van der Waals surface area contributed by atoms with Crippen LogP contribution in [-0.2, 0) is 27.2 Å². The molecule has 2 amide bonds. The van der Waals surface area contributed by atoms with Crippen molar-refractivity contribution in [2.75, 3.05) is 11.4 Å². The molecule has 1 aliphatic heterocycles. The predicted molar refractivity (Wildman–Crippen MR) is 110 cm³/mol. The molecule has 2 aromatic carbocycles. The molecule has 7 heteroatoms. The van der Waals surface area contributed by atoms with Gasteiger partial charge in [0.1, 0.15) is 12.6 Å². The Morgan fingerprint density at radius 1 is 1.14 bits per heavy atom. The summed E-state index contributed by atoms with van der Waals surface area (Å²) in [6.45, 7) is -0.448. The summed E-state index contributed by atoms with van der Waals surface area (Å²) >= 11 is 4.39. The van der Waals surface area contributed by atoms with E-state index in [4.69, 9.17) is 0 Å². The number of nitrogens with zero attached hydrogens (tertiary/aromatic N) is 1. The van der Waals surface area contributed by atoms with E-state index in [1.807, 2.05) is 42.5 Å². The van der Waals surface area contributed by atoms with Crippen LogP contribution in [0.5, 0.6) is 0 Å². The number of thiol groups is 1. The molecule has 146 valence electrons. The first kappa shape index (κ1) is 19.9. The first-order valence-corrected chi connectivity index (χ1v) is 9.61. The van der Waals surface area contributed by atoms with Gasteiger partial charge in [-0.3, -0.25) is 19.3 Å². The number of carbonyl (C=O) groups excluding carboxylic acids is 2. The normalized spacial score (nSPS) is 17.4. The molecular formula is C21H22N2O4S. The van der Waals surface area contributed by atoms with Crippen LogP contribution in [-0.4, -0.2) is 40.7 Å². The van der Waals surface area contributed by atoms with Gasteiger partial charge >= 0.3 is 5.97 Å². The van der Waals surface area contributed by atoms with Crippen molar-refractivity contribution in [3.05, 3.63) is 65.7 Å². The third kappa shape index (κ3) is 4.72. The van der Waals surface area contributed by atoms with Crippen molar-refractivity contribution in [3.63, 3.8) is 0 Å². The molecule has 0 saturated heterocycles. The molecule has 1 heterocycles. The number of para-hydroxylation sites is 1. The molecule has 0 fully saturated rings. The van der Waals surface area contributed by atoms with Gasteiger partial charge in [-0.2, -0.15) is 12.6 Å². The third-order valence-electron chi connectivity index (χ3n) is 4.73. The standard InChI is InChI=1S/C21H22N2O4S/c24-19(25)13-23-17-9-5-4-8-15(17)10-11-16(21(23)27)22-20(26)18(28)12-14-6-2-1-3-7-14/h1-9,16,18,28H,10-13H2,(H,22,26)(H,24,25). The second kappa shape index (κ2) is 8.93. The highest BCUT2D eigenvalue weighted by molar-refractivity contribution is 7.81. The van der Waals surface area contributed by atoms with E-state index >= 15 is 0 Å². The zero-order chi connectivity index (χ0) is 20.1. The minimum Gasteiger partial charge on any atom is -0.480 e. The lowest BCUT2D eigenvalue weighted by molar-refractivity contribution is -0.137. The number of carbonyl (C=O) groups is 3. The highest BCUT2D eigenvalue weighted by Gasteiger charge is 2.33. The van der Waals surface area contributed by atoms with Crippen LogP contribution in [0.15, 0.2) is 54.6 Å². The van der Waals surface area contributed by atoms with E-state index < -0.39 is 29.7 Å². The number of benzene rings is 2. The van der Waals surface area contributed by atoms with E-state index in [-0.39, 0.29) is 5.91 Å². The first-order chi connectivity index (χ1) is 13.5. The first-order valence-electron chi connectivity index (χ1n) is 9.09. The van der Waals surface area contributed by atoms with Crippen LogP contribution >= 0.6 is 12.6 Å². The molecule has 2 aromatic rings. The average Bonchev–Trinajstić information content (AvgIpc) is 2.81. The lowest BCUT2D eigenvalue weighted by atomic mass is 10.1. The third-order valence-corrected chi connectivity index (χ3v) is 5.15. The summed E-state index contributed by atoms with van der Waals surface area (Å²) in [6, 6.07) is 16.0. The van der Waals surface area contributed by atoms with Gasteiger partial charge in [0.05, 0.1) is 5.25 Å². The zero-order valence-corrected chi connectivity index (χ0v) is 16.1. The minimum absolute atomic E-state index is 0.341. The molecule has 2 N–H and O–H groups in total. The van der Waals surface area contributed by atoms with Gasteiger partial charge in [0.2, 0.25) is 11.8 Å². The Hall–Kier alpha value is -2.80. The molecule has 0 spiro atoms. The lowest BCUT2D eigenvalue weighted by Gasteiger charge is -2.25. The van der Waals surface area contributed by atoms with Crippen molar-refractivity contribution in [1.29, 1.82) is 0 Å². The van der Waals surface area contributed by atoms with E-state index in [1.165, 1.54) is 4.90 Å². The number of carboxylic acids is 1. The van der Waals surface area contributed by atoms with Crippen LogP contribution in [0.1, 0.15) is 17.5 Å². The van der Waals surface area contributed by atoms with Crippen LogP contribution in [0.25, 0.3) is 0 Å². The summed E-state index contributed by atoms with van der Waals surface area (Å²) in [7, 11) is 0. The van der Waals surface area contributed by atoms with E-state index in [0.29, 0.717) is 24.9 Å². The Labute approximate surface area is 169 Å². The SMILES string of the molecule is O=C(O)CN1C(=O)C(NC(=O)C(S)Cc2ccccc2)CCc2ccccc21. The Morgan fingerprint density at radius 2 is 1.82 bits per heavy atom. The smallest absolute Gasteiger partial charge is 0.323 e. The van der Waals surface area contributed by atoms with E-state index in [9.17, 15) is 19.5 Å². The lowest BCUT2D eigenvalue weighted by Crippen LogP contribution is -2.51. The molecule has 0 aromatic heterocycles. The topological polar surface area (TPSA) is 86.7 Å². The average molecular weight is 398 g/mol. The van der Waals surface area contributed by atoms with Crippen LogP contribution < -0.4 is 10.2 Å². The number of fused-ring (bicyclic) bond motifs is 1. The van der Waals surface area contributed by atoms with Crippen LogP contribution in [0.4, 0.5) is 5.69 Å². The van der Waals surface area contributed by atoms with Crippen molar-refractivity contribution < 1.29 is 19.5 Å². The Bertz CT molecular complexity index is 872. The summed E-state index contributed by atoms with van der Waals surface area (Å²) in [5.74, 6) is -1.86. The number of hydrogen-bond acceptors (Lipinski definition) is 4. The highest BCUT2D eigenvalue weighted by atomic mass is 32.1. The molecular weight excluding hydrogens is 376 g/mol. The fourth-order valence-corrected chi connectivity index (χ4v) is 3.63. The van der Waals surface area contributed by atoms with Gasteiger partial charge in [-0.15, -0.1) is 0 Å². The largest absolute Gasteiger partial charge is 0.480 e. The Balaban J connectivity index is 1.74. The monoisotopic (exact) mass is 398 g/mol. The highest BCUT2D eigenvalue weighted by Crippen LogP contribution is 2.27. The van der Waals surface area contributed by atoms with E-state index in [0.717, 1.165) is 11.1 Å². The predicted octanol–water partition coefficient (Wildman–Crippen LogP) is 2.08. The van der Waals surface area contributed by atoms with Crippen molar-refractivity contribution in [3.8, 4) is 0 Å². The fraction of sp³-hybridized carbons (Fsp3) is 0.286. The summed E-state index contributed by atoms with van der Waals surface area (Å²) < 4.78 is 0. The maximum absolute atomic E-state index is 13.0. The summed E-state index contributed by atoms with van der Waals surface area (Å²) in [5, 5.41) is 11.4. The van der Waals surface area contributed by atoms with Crippen LogP contribution in [0.2, 0.25) is 0 Å². The van der Waals surface area contributed by atoms with Crippen LogP contribution in [0, 0.1) is 0 Å². The number of hydrogen-bond donors (Lipinski definition) is 3. The van der Waals surface area contributed by atoms with Gasteiger partial charge in [0.15, 0.2) is 0 Å². The number of carboxylic acid groups (broad SMARTS) is 1. The maximum atomic E-state index is 13.0. The summed E-state index contributed by atoms with van der Waals surface area (Å²) in [4.78, 5) is 38.1. The number of amides is 2. The van der Waals surface area contributed by atoms with Gasteiger partial charge in [0, 0.05) is 5.69 Å². The van der Waals surface area contributed by atoms with E-state index in [1.54, 1.807) is 12.1 Å². The molecule has 1 aliphatic rings. The number of rotatable bonds is 6. The molecule has 6 nitrogen and oxygen atoms in total. The minimum atomic E-state index is -1.11. The molecule has 2 unspecified atom stereocenters. The zero-order valence-electron chi connectivity index (χ0n) is 15.2. The van der Waals surface area contributed by atoms with Gasteiger partial charge in [-0.05, 0) is 36.5 Å². The second-order valence-corrected chi connectivity index (χ2v) is 7.38. The molecule has 0 bridgehead atoms. The molecule has 0 saturated carbocycles. The number of aryl methyl sites for hydroxylation is 1. The van der Waals surface area contributed by atoms with Gasteiger partial charge in [-0.25, -0.2) is 0 Å². The van der Waals surface area contributed by atoms with Crippen molar-refractivity contribution in [1.82, 2.24) is 5.32 Å². The van der Waals surface area contributed by atoms with Crippen LogP contribution in [0.3, 0.4) is 0 Å².